The van der Waals surface area contributed by atoms with Gasteiger partial charge in [0.25, 0.3) is 0 Å². The first-order valence-electron chi connectivity index (χ1n) is 2.54. The Labute approximate surface area is 54.3 Å². The summed E-state index contributed by atoms with van der Waals surface area (Å²) in [6.45, 7) is 6.41. The van der Waals surface area contributed by atoms with Gasteiger partial charge < -0.3 is 9.47 Å². The Kier molecular flexibility index (Phi) is 3.51. The molecule has 3 heteroatoms. The van der Waals surface area contributed by atoms with Crippen molar-refractivity contribution in [3.8, 4) is 0 Å². The molecule has 0 aliphatic heterocycles. The van der Waals surface area contributed by atoms with E-state index in [1.165, 1.54) is 6.92 Å². The molecule has 0 aliphatic carbocycles. The van der Waals surface area contributed by atoms with E-state index in [0.717, 1.165) is 0 Å². The normalized spacial score (nSPS) is 8.22. The fraction of sp³-hybridized carbons (Fsp3) is 0.500. The highest BCUT2D eigenvalue weighted by molar-refractivity contribution is 5.65. The van der Waals surface area contributed by atoms with Gasteiger partial charge in [-0.05, 0) is 6.92 Å². The third-order valence-electron chi connectivity index (χ3n) is 0.568. The van der Waals surface area contributed by atoms with Crippen molar-refractivity contribution in [3.63, 3.8) is 0 Å². The molecule has 0 radical (unpaired) electrons. The lowest BCUT2D eigenvalue weighted by atomic mass is 10.7. The molecule has 0 amide bonds. The molecule has 0 unspecified atom stereocenters. The molecule has 0 bridgehead atoms. The number of hydrogen-bond donors (Lipinski definition) is 0. The van der Waals surface area contributed by atoms with Crippen molar-refractivity contribution in [1.82, 2.24) is 0 Å². The molecule has 0 aliphatic rings. The molecular formula is C6H10O3. The van der Waals surface area contributed by atoms with E-state index in [1.54, 1.807) is 6.92 Å². The van der Waals surface area contributed by atoms with Crippen LogP contribution in [-0.4, -0.2) is 12.8 Å². The van der Waals surface area contributed by atoms with E-state index in [0.29, 0.717) is 5.76 Å². The summed E-state index contributed by atoms with van der Waals surface area (Å²) in [6, 6.07) is 0. The molecule has 52 valence electrons. The molecule has 0 atom stereocenters. The summed E-state index contributed by atoms with van der Waals surface area (Å²) >= 11 is 0. The fourth-order valence-electron chi connectivity index (χ4n) is 0.213. The van der Waals surface area contributed by atoms with Crippen LogP contribution in [0.4, 0.5) is 0 Å². The van der Waals surface area contributed by atoms with E-state index in [1.807, 2.05) is 0 Å². The average Bonchev–Trinajstić information content (AvgIpc) is 1.63. The minimum absolute atomic E-state index is 0.0370. The Bertz CT molecular complexity index is 103. The van der Waals surface area contributed by atoms with E-state index >= 15 is 0 Å². The Balaban J connectivity index is 3.10. The molecule has 0 aromatic heterocycles. The van der Waals surface area contributed by atoms with Crippen LogP contribution in [0.3, 0.4) is 0 Å². The highest BCUT2D eigenvalue weighted by Crippen LogP contribution is 1.89. The van der Waals surface area contributed by atoms with Crippen molar-refractivity contribution in [2.45, 2.75) is 13.8 Å². The second-order valence-corrected chi connectivity index (χ2v) is 1.60. The number of carbonyl (C=O) groups excluding carboxylic acids is 1. The molecule has 0 aromatic carbocycles. The lowest BCUT2D eigenvalue weighted by molar-refractivity contribution is -0.150. The van der Waals surface area contributed by atoms with Crippen LogP contribution in [0.2, 0.25) is 0 Å². The second kappa shape index (κ2) is 3.95. The SMILES string of the molecule is C=C(C)OCOC(C)=O. The van der Waals surface area contributed by atoms with Crippen molar-refractivity contribution < 1.29 is 14.3 Å². The highest BCUT2D eigenvalue weighted by atomic mass is 16.7. The third-order valence-corrected chi connectivity index (χ3v) is 0.568. The van der Waals surface area contributed by atoms with Crippen LogP contribution >= 0.6 is 0 Å². The maximum absolute atomic E-state index is 10.1. The van der Waals surface area contributed by atoms with Crippen LogP contribution in [-0.2, 0) is 14.3 Å². The van der Waals surface area contributed by atoms with Crippen molar-refractivity contribution in [1.29, 1.82) is 0 Å². The molecule has 0 saturated heterocycles. The number of allylic oxidation sites excluding steroid dienone is 1. The zero-order chi connectivity index (χ0) is 7.28. The molecular weight excluding hydrogens is 120 g/mol. The van der Waals surface area contributed by atoms with Crippen molar-refractivity contribution >= 4 is 5.97 Å². The Morgan fingerprint density at radius 2 is 2.00 bits per heavy atom. The van der Waals surface area contributed by atoms with Gasteiger partial charge in [0.15, 0.2) is 0 Å². The summed E-state index contributed by atoms with van der Waals surface area (Å²) in [4.78, 5) is 10.1. The zero-order valence-corrected chi connectivity index (χ0v) is 5.64. The van der Waals surface area contributed by atoms with Crippen LogP contribution in [0.5, 0.6) is 0 Å². The van der Waals surface area contributed by atoms with Crippen LogP contribution in [0.1, 0.15) is 13.8 Å². The summed E-state index contributed by atoms with van der Waals surface area (Å²) in [7, 11) is 0. The number of carbonyl (C=O) groups is 1. The lowest BCUT2D eigenvalue weighted by Gasteiger charge is -2.02. The Morgan fingerprint density at radius 3 is 2.33 bits per heavy atom. The summed E-state index contributed by atoms with van der Waals surface area (Å²) < 4.78 is 9.15. The zero-order valence-electron chi connectivity index (χ0n) is 5.64. The second-order valence-electron chi connectivity index (χ2n) is 1.60. The smallest absolute Gasteiger partial charge is 0.305 e. The minimum atomic E-state index is -0.351. The molecule has 0 rings (SSSR count). The molecule has 0 heterocycles. The fourth-order valence-corrected chi connectivity index (χ4v) is 0.213. The molecule has 0 aromatic rings. The minimum Gasteiger partial charge on any atom is -0.463 e. The van der Waals surface area contributed by atoms with Gasteiger partial charge in [-0.25, -0.2) is 0 Å². The quantitative estimate of drug-likeness (QED) is 0.325. The van der Waals surface area contributed by atoms with Crippen molar-refractivity contribution in [2.24, 2.45) is 0 Å². The number of hydrogen-bond acceptors (Lipinski definition) is 3. The predicted octanol–water partition coefficient (Wildman–Crippen LogP) is 1.06. The number of ether oxygens (including phenoxy) is 2. The van der Waals surface area contributed by atoms with Gasteiger partial charge in [-0.1, -0.05) is 6.58 Å². The highest BCUT2D eigenvalue weighted by Gasteiger charge is 1.89. The average molecular weight is 130 g/mol. The summed E-state index contributed by atoms with van der Waals surface area (Å²) in [5.74, 6) is 0.188. The van der Waals surface area contributed by atoms with E-state index in [9.17, 15) is 4.79 Å². The first kappa shape index (κ1) is 8.01. The van der Waals surface area contributed by atoms with Crippen LogP contribution < -0.4 is 0 Å². The van der Waals surface area contributed by atoms with E-state index < -0.39 is 0 Å². The standard InChI is InChI=1S/C6H10O3/c1-5(2)8-4-9-6(3)7/h1,4H2,2-3H3. The van der Waals surface area contributed by atoms with Crippen molar-refractivity contribution in [2.75, 3.05) is 6.79 Å². The topological polar surface area (TPSA) is 35.5 Å². The maximum Gasteiger partial charge on any atom is 0.305 e. The van der Waals surface area contributed by atoms with Gasteiger partial charge in [-0.2, -0.15) is 0 Å². The predicted molar refractivity (Wildman–Crippen MR) is 32.5 cm³/mol. The summed E-state index contributed by atoms with van der Waals surface area (Å²) in [6.07, 6.45) is 0. The lowest BCUT2D eigenvalue weighted by Crippen LogP contribution is -2.02. The van der Waals surface area contributed by atoms with E-state index in [-0.39, 0.29) is 12.8 Å². The maximum atomic E-state index is 10.1. The van der Waals surface area contributed by atoms with Gasteiger partial charge in [0, 0.05) is 6.92 Å². The van der Waals surface area contributed by atoms with E-state index in [4.69, 9.17) is 4.74 Å². The van der Waals surface area contributed by atoms with Gasteiger partial charge in [0.1, 0.15) is 0 Å². The first-order chi connectivity index (χ1) is 4.13. The van der Waals surface area contributed by atoms with Crippen LogP contribution in [0, 0.1) is 0 Å². The molecule has 3 nitrogen and oxygen atoms in total. The number of rotatable bonds is 3. The van der Waals surface area contributed by atoms with Gasteiger partial charge >= 0.3 is 5.97 Å². The van der Waals surface area contributed by atoms with Gasteiger partial charge in [-0.3, -0.25) is 4.79 Å². The van der Waals surface area contributed by atoms with Gasteiger partial charge in [0.05, 0.1) is 5.76 Å². The monoisotopic (exact) mass is 130 g/mol. The van der Waals surface area contributed by atoms with Crippen molar-refractivity contribution in [3.05, 3.63) is 12.3 Å². The first-order valence-corrected chi connectivity index (χ1v) is 2.54. The Morgan fingerprint density at radius 1 is 1.44 bits per heavy atom. The Hall–Kier alpha value is -0.990. The summed E-state index contributed by atoms with van der Waals surface area (Å²) in [5, 5.41) is 0. The molecule has 0 spiro atoms. The molecule has 9 heavy (non-hydrogen) atoms. The van der Waals surface area contributed by atoms with Crippen LogP contribution in [0.25, 0.3) is 0 Å². The van der Waals surface area contributed by atoms with E-state index in [2.05, 4.69) is 11.3 Å². The van der Waals surface area contributed by atoms with Crippen LogP contribution in [0.15, 0.2) is 12.3 Å². The molecule has 0 fully saturated rings. The summed E-state index contributed by atoms with van der Waals surface area (Å²) in [5.41, 5.74) is 0. The van der Waals surface area contributed by atoms with Gasteiger partial charge in [0.2, 0.25) is 6.79 Å². The molecule has 0 N–H and O–H groups in total. The number of esters is 1. The van der Waals surface area contributed by atoms with Gasteiger partial charge in [-0.15, -0.1) is 0 Å². The largest absolute Gasteiger partial charge is 0.463 e. The third kappa shape index (κ3) is 7.01. The molecule has 0 saturated carbocycles.